The highest BCUT2D eigenvalue weighted by atomic mass is 35.5. The zero-order valence-corrected chi connectivity index (χ0v) is 20.6. The number of rotatable bonds is 6. The lowest BCUT2D eigenvalue weighted by Gasteiger charge is -2.15. The molecular weight excluding hydrogens is 522 g/mol. The molecular formula is C25H21ClF6N4O. The molecule has 12 heteroatoms. The van der Waals surface area contributed by atoms with Crippen LogP contribution in [0.3, 0.4) is 0 Å². The van der Waals surface area contributed by atoms with Crippen molar-refractivity contribution in [2.24, 2.45) is 0 Å². The van der Waals surface area contributed by atoms with Crippen molar-refractivity contribution < 1.29 is 31.1 Å². The van der Waals surface area contributed by atoms with Gasteiger partial charge in [-0.05, 0) is 68.8 Å². The topological polar surface area (TPSA) is 52.0 Å². The van der Waals surface area contributed by atoms with Gasteiger partial charge in [-0.25, -0.2) is 0 Å². The summed E-state index contributed by atoms with van der Waals surface area (Å²) < 4.78 is 86.8. The van der Waals surface area contributed by atoms with Gasteiger partial charge >= 0.3 is 12.4 Å². The quantitative estimate of drug-likeness (QED) is 0.202. The molecule has 0 aliphatic rings. The fourth-order valence-corrected chi connectivity index (χ4v) is 4.49. The summed E-state index contributed by atoms with van der Waals surface area (Å²) >= 11 is 5.61. The average molecular weight is 543 g/mol. The second kappa shape index (κ2) is 9.77. The third-order valence-corrected chi connectivity index (χ3v) is 6.08. The van der Waals surface area contributed by atoms with Gasteiger partial charge in [0.1, 0.15) is 5.75 Å². The van der Waals surface area contributed by atoms with Gasteiger partial charge in [-0.3, -0.25) is 0 Å². The van der Waals surface area contributed by atoms with Crippen LogP contribution in [0.5, 0.6) is 5.75 Å². The molecule has 2 aromatic heterocycles. The number of anilines is 1. The van der Waals surface area contributed by atoms with Crippen molar-refractivity contribution in [2.45, 2.75) is 39.7 Å². The predicted molar refractivity (Wildman–Crippen MR) is 128 cm³/mol. The van der Waals surface area contributed by atoms with Gasteiger partial charge in [0.25, 0.3) is 0 Å². The summed E-state index contributed by atoms with van der Waals surface area (Å²) in [5, 5.41) is 12.6. The Morgan fingerprint density at radius 1 is 0.838 bits per heavy atom. The van der Waals surface area contributed by atoms with Gasteiger partial charge in [-0.15, -0.1) is 5.10 Å². The molecule has 4 rings (SSSR count). The molecule has 196 valence electrons. The van der Waals surface area contributed by atoms with E-state index in [2.05, 4.69) is 15.5 Å². The Bertz CT molecular complexity index is 1410. The number of benzene rings is 2. The Morgan fingerprint density at radius 3 is 1.95 bits per heavy atom. The van der Waals surface area contributed by atoms with E-state index in [1.807, 2.05) is 30.5 Å². The molecule has 2 aromatic carbocycles. The standard InChI is InChI=1S/C25H21ClF6N4O/c1-13-21-14(2)36(19-4-6-20(7-5-19)37-12-26)15(3)22(21)23(35-34-13)33-11-16-8-17(24(27,28)29)10-18(9-16)25(30,31)32/h4-10H,11-12H2,1-3H3,(H,33,35). The van der Waals surface area contributed by atoms with E-state index in [0.717, 1.165) is 22.5 Å². The van der Waals surface area contributed by atoms with Gasteiger partial charge < -0.3 is 14.6 Å². The molecule has 0 saturated carbocycles. The van der Waals surface area contributed by atoms with E-state index in [0.29, 0.717) is 29.0 Å². The summed E-state index contributed by atoms with van der Waals surface area (Å²) in [7, 11) is 0. The normalized spacial score (nSPS) is 12.3. The third kappa shape index (κ3) is 5.31. The molecule has 0 unspecified atom stereocenters. The molecule has 2 heterocycles. The fourth-order valence-electron chi connectivity index (χ4n) is 4.37. The number of hydrogen-bond acceptors (Lipinski definition) is 4. The van der Waals surface area contributed by atoms with Gasteiger partial charge in [0.2, 0.25) is 0 Å². The first-order chi connectivity index (χ1) is 17.3. The molecule has 0 radical (unpaired) electrons. The molecule has 37 heavy (non-hydrogen) atoms. The second-order valence-electron chi connectivity index (χ2n) is 8.41. The molecule has 0 bridgehead atoms. The Labute approximate surface area is 213 Å². The molecule has 0 saturated heterocycles. The van der Waals surface area contributed by atoms with Crippen molar-refractivity contribution >= 4 is 28.2 Å². The fraction of sp³-hybridized carbons (Fsp3) is 0.280. The maximum absolute atomic E-state index is 13.3. The summed E-state index contributed by atoms with van der Waals surface area (Å²) in [5.41, 5.74) is 0.0949. The van der Waals surface area contributed by atoms with Gasteiger partial charge in [0.15, 0.2) is 11.9 Å². The number of alkyl halides is 7. The van der Waals surface area contributed by atoms with Crippen LogP contribution in [0, 0.1) is 20.8 Å². The molecule has 1 N–H and O–H groups in total. The maximum Gasteiger partial charge on any atom is 0.416 e. The summed E-state index contributed by atoms with van der Waals surface area (Å²) in [5.74, 6) is 0.833. The highest BCUT2D eigenvalue weighted by Crippen LogP contribution is 2.37. The van der Waals surface area contributed by atoms with E-state index in [9.17, 15) is 26.3 Å². The Hall–Kier alpha value is -3.47. The molecule has 0 fully saturated rings. The van der Waals surface area contributed by atoms with Crippen LogP contribution >= 0.6 is 11.6 Å². The Kier molecular flexibility index (Phi) is 7.02. The molecule has 0 amide bonds. The number of aryl methyl sites for hydroxylation is 3. The van der Waals surface area contributed by atoms with Crippen molar-refractivity contribution in [3.8, 4) is 11.4 Å². The number of ether oxygens (including phenoxy) is 1. The third-order valence-electron chi connectivity index (χ3n) is 5.97. The van der Waals surface area contributed by atoms with Crippen LogP contribution in [-0.2, 0) is 18.9 Å². The van der Waals surface area contributed by atoms with Crippen molar-refractivity contribution in [1.82, 2.24) is 14.8 Å². The van der Waals surface area contributed by atoms with Gasteiger partial charge in [0.05, 0.1) is 16.8 Å². The molecule has 4 aromatic rings. The second-order valence-corrected chi connectivity index (χ2v) is 8.62. The van der Waals surface area contributed by atoms with Crippen LogP contribution in [0.1, 0.15) is 33.8 Å². The van der Waals surface area contributed by atoms with Crippen molar-refractivity contribution in [3.63, 3.8) is 0 Å². The average Bonchev–Trinajstić information content (AvgIpc) is 3.09. The first kappa shape index (κ1) is 26.6. The minimum atomic E-state index is -4.93. The molecule has 0 aliphatic heterocycles. The lowest BCUT2D eigenvalue weighted by atomic mass is 10.0. The van der Waals surface area contributed by atoms with Gasteiger partial charge in [-0.1, -0.05) is 11.6 Å². The van der Waals surface area contributed by atoms with E-state index in [4.69, 9.17) is 16.3 Å². The number of nitrogens with one attached hydrogen (secondary N) is 1. The predicted octanol–water partition coefficient (Wildman–Crippen LogP) is 7.57. The van der Waals surface area contributed by atoms with Crippen LogP contribution in [0.4, 0.5) is 32.2 Å². The van der Waals surface area contributed by atoms with Crippen LogP contribution in [0.15, 0.2) is 42.5 Å². The van der Waals surface area contributed by atoms with Crippen LogP contribution in [0.25, 0.3) is 16.5 Å². The van der Waals surface area contributed by atoms with E-state index in [-0.39, 0.29) is 30.1 Å². The van der Waals surface area contributed by atoms with Crippen LogP contribution in [0.2, 0.25) is 0 Å². The minimum Gasteiger partial charge on any atom is -0.478 e. The first-order valence-electron chi connectivity index (χ1n) is 11.0. The van der Waals surface area contributed by atoms with E-state index in [1.54, 1.807) is 19.1 Å². The van der Waals surface area contributed by atoms with Crippen molar-refractivity contribution in [2.75, 3.05) is 11.4 Å². The number of fused-ring (bicyclic) bond motifs is 1. The molecule has 0 aliphatic carbocycles. The summed E-state index contributed by atoms with van der Waals surface area (Å²) in [6.07, 6.45) is -9.86. The highest BCUT2D eigenvalue weighted by Gasteiger charge is 2.36. The van der Waals surface area contributed by atoms with Gasteiger partial charge in [-0.2, -0.15) is 31.4 Å². The van der Waals surface area contributed by atoms with E-state index >= 15 is 0 Å². The number of aromatic nitrogens is 3. The summed E-state index contributed by atoms with van der Waals surface area (Å²) in [6, 6.07) is 8.68. The van der Waals surface area contributed by atoms with Crippen molar-refractivity contribution in [3.05, 3.63) is 76.2 Å². The van der Waals surface area contributed by atoms with Gasteiger partial charge in [0, 0.05) is 34.4 Å². The monoisotopic (exact) mass is 542 g/mol. The van der Waals surface area contributed by atoms with Crippen LogP contribution in [-0.4, -0.2) is 20.8 Å². The smallest absolute Gasteiger partial charge is 0.416 e. The lowest BCUT2D eigenvalue weighted by Crippen LogP contribution is -2.13. The highest BCUT2D eigenvalue weighted by molar-refractivity contribution is 6.17. The first-order valence-corrected chi connectivity index (χ1v) is 11.5. The number of halogens is 7. The Balaban J connectivity index is 1.75. The zero-order valence-electron chi connectivity index (χ0n) is 19.9. The lowest BCUT2D eigenvalue weighted by molar-refractivity contribution is -0.143. The zero-order chi connectivity index (χ0) is 27.1. The van der Waals surface area contributed by atoms with Crippen molar-refractivity contribution in [1.29, 1.82) is 0 Å². The molecule has 0 spiro atoms. The van der Waals surface area contributed by atoms with E-state index < -0.39 is 23.5 Å². The summed E-state index contributed by atoms with van der Waals surface area (Å²) in [4.78, 5) is 0. The SMILES string of the molecule is Cc1nnc(NCc2cc(C(F)(F)F)cc(C(F)(F)F)c2)c2c(C)n(-c3ccc(OCCl)cc3)c(C)c12. The number of nitrogens with zero attached hydrogens (tertiary/aromatic N) is 3. The molecule has 5 nitrogen and oxygen atoms in total. The van der Waals surface area contributed by atoms with Crippen LogP contribution < -0.4 is 10.1 Å². The molecule has 0 atom stereocenters. The van der Waals surface area contributed by atoms with E-state index in [1.165, 1.54) is 0 Å². The largest absolute Gasteiger partial charge is 0.478 e. The summed E-state index contributed by atoms with van der Waals surface area (Å²) in [6.45, 7) is 5.18. The maximum atomic E-state index is 13.3. The minimum absolute atomic E-state index is 0.00666. The number of hydrogen-bond donors (Lipinski definition) is 1. The Morgan fingerprint density at radius 2 is 1.41 bits per heavy atom.